The van der Waals surface area contributed by atoms with E-state index in [1.54, 1.807) is 0 Å². The third-order valence-corrected chi connectivity index (χ3v) is 6.17. The number of ether oxygens (including phenoxy) is 1. The van der Waals surface area contributed by atoms with Crippen molar-refractivity contribution in [3.8, 4) is 17.1 Å². The van der Waals surface area contributed by atoms with Crippen LogP contribution in [-0.2, 0) is 10.5 Å². The fraction of sp³-hybridized carbons (Fsp3) is 0.111. The van der Waals surface area contributed by atoms with Gasteiger partial charge in [-0.15, -0.1) is 10.2 Å². The van der Waals surface area contributed by atoms with Crippen LogP contribution in [-0.4, -0.2) is 27.3 Å². The van der Waals surface area contributed by atoms with E-state index < -0.39 is 5.72 Å². The minimum atomic E-state index is -1.49. The Hall–Kier alpha value is -2.17. The number of fused-ring (bicyclic) bond motifs is 5. The van der Waals surface area contributed by atoms with Gasteiger partial charge >= 0.3 is 0 Å². The van der Waals surface area contributed by atoms with Crippen molar-refractivity contribution >= 4 is 60.9 Å². The molecule has 140 valence electrons. The summed E-state index contributed by atoms with van der Waals surface area (Å²) in [5, 5.41) is 15.1. The first kappa shape index (κ1) is 17.9. The predicted molar refractivity (Wildman–Crippen MR) is 113 cm³/mol. The van der Waals surface area contributed by atoms with E-state index in [0.29, 0.717) is 27.8 Å². The standard InChI is InChI=1S/C18H11Br2N5O2S/c1-28-17-22-15-13(24-25-17)9-4-2-3-5-12(9)23-18(27-15)10-6-8(19)7-11(20)14(10)21-16(18)26/h2-7,23H,1H3,(H,21,26). The highest BCUT2D eigenvalue weighted by Crippen LogP contribution is 2.49. The van der Waals surface area contributed by atoms with Crippen molar-refractivity contribution in [2.75, 3.05) is 16.9 Å². The molecule has 28 heavy (non-hydrogen) atoms. The van der Waals surface area contributed by atoms with Gasteiger partial charge in [0.1, 0.15) is 0 Å². The molecule has 0 bridgehead atoms. The van der Waals surface area contributed by atoms with Crippen molar-refractivity contribution < 1.29 is 9.53 Å². The summed E-state index contributed by atoms with van der Waals surface area (Å²) in [6.45, 7) is 0. The molecule has 2 aromatic carbocycles. The van der Waals surface area contributed by atoms with Crippen molar-refractivity contribution in [1.29, 1.82) is 0 Å². The molecule has 3 heterocycles. The Morgan fingerprint density at radius 1 is 1.18 bits per heavy atom. The zero-order chi connectivity index (χ0) is 19.5. The summed E-state index contributed by atoms with van der Waals surface area (Å²) >= 11 is 8.36. The molecule has 0 aliphatic carbocycles. The number of aromatic nitrogens is 3. The fourth-order valence-electron chi connectivity index (χ4n) is 3.31. The van der Waals surface area contributed by atoms with Crippen LogP contribution in [0.2, 0.25) is 0 Å². The molecule has 1 unspecified atom stereocenters. The zero-order valence-corrected chi connectivity index (χ0v) is 18.3. The largest absolute Gasteiger partial charge is 0.435 e. The van der Waals surface area contributed by atoms with Gasteiger partial charge in [-0.3, -0.25) is 4.79 Å². The summed E-state index contributed by atoms with van der Waals surface area (Å²) in [7, 11) is 0. The van der Waals surface area contributed by atoms with Crippen LogP contribution in [0, 0.1) is 0 Å². The lowest BCUT2D eigenvalue weighted by atomic mass is 10.0. The van der Waals surface area contributed by atoms with Crippen LogP contribution in [0.15, 0.2) is 50.5 Å². The topological polar surface area (TPSA) is 89.0 Å². The fourth-order valence-corrected chi connectivity index (χ4v) is 4.93. The van der Waals surface area contributed by atoms with Crippen LogP contribution in [0.25, 0.3) is 11.3 Å². The lowest BCUT2D eigenvalue weighted by molar-refractivity contribution is -0.128. The highest BCUT2D eigenvalue weighted by atomic mass is 79.9. The van der Waals surface area contributed by atoms with Crippen molar-refractivity contribution in [3.05, 3.63) is 50.9 Å². The Morgan fingerprint density at radius 3 is 2.82 bits per heavy atom. The van der Waals surface area contributed by atoms with E-state index in [4.69, 9.17) is 4.74 Å². The van der Waals surface area contributed by atoms with Gasteiger partial charge in [0.2, 0.25) is 11.0 Å². The third-order valence-electron chi connectivity index (χ3n) is 4.55. The second-order valence-electron chi connectivity index (χ2n) is 6.17. The second-order valence-corrected chi connectivity index (χ2v) is 8.71. The van der Waals surface area contributed by atoms with Crippen molar-refractivity contribution in [2.24, 2.45) is 0 Å². The van der Waals surface area contributed by atoms with Gasteiger partial charge in [0.25, 0.3) is 11.6 Å². The molecule has 2 N–H and O–H groups in total. The quantitative estimate of drug-likeness (QED) is 0.460. The molecular weight excluding hydrogens is 510 g/mol. The molecule has 1 spiro atoms. The number of para-hydroxylation sites is 1. The summed E-state index contributed by atoms with van der Waals surface area (Å²) in [5.74, 6) is -0.0934. The molecule has 1 amide bonds. The van der Waals surface area contributed by atoms with E-state index in [2.05, 4.69) is 57.7 Å². The van der Waals surface area contributed by atoms with Crippen LogP contribution in [0.5, 0.6) is 5.88 Å². The molecule has 1 aromatic heterocycles. The lowest BCUT2D eigenvalue weighted by Crippen LogP contribution is -2.47. The predicted octanol–water partition coefficient (Wildman–Crippen LogP) is 4.39. The molecule has 1 atom stereocenters. The summed E-state index contributed by atoms with van der Waals surface area (Å²) in [4.78, 5) is 17.7. The number of thioether (sulfide) groups is 1. The van der Waals surface area contributed by atoms with Crippen LogP contribution in [0.1, 0.15) is 5.56 Å². The Labute approximate surface area is 180 Å². The zero-order valence-electron chi connectivity index (χ0n) is 14.3. The first-order chi connectivity index (χ1) is 13.5. The summed E-state index contributed by atoms with van der Waals surface area (Å²) in [5.41, 5.74) is 1.74. The molecule has 0 fully saturated rings. The van der Waals surface area contributed by atoms with E-state index in [1.807, 2.05) is 42.7 Å². The first-order valence-electron chi connectivity index (χ1n) is 8.18. The highest BCUT2D eigenvalue weighted by Gasteiger charge is 2.53. The van der Waals surface area contributed by atoms with Crippen molar-refractivity contribution in [3.63, 3.8) is 0 Å². The van der Waals surface area contributed by atoms with E-state index in [0.717, 1.165) is 14.5 Å². The Morgan fingerprint density at radius 2 is 2.00 bits per heavy atom. The first-order valence-corrected chi connectivity index (χ1v) is 11.0. The number of hydrogen-bond acceptors (Lipinski definition) is 7. The van der Waals surface area contributed by atoms with E-state index in [1.165, 1.54) is 11.8 Å². The van der Waals surface area contributed by atoms with Crippen LogP contribution < -0.4 is 15.4 Å². The third kappa shape index (κ3) is 2.55. The average molecular weight is 521 g/mol. The number of anilines is 2. The van der Waals surface area contributed by atoms with Gasteiger partial charge in [-0.25, -0.2) is 0 Å². The maximum Gasteiger partial charge on any atom is 0.295 e. The maximum absolute atomic E-state index is 13.2. The summed E-state index contributed by atoms with van der Waals surface area (Å²) in [6, 6.07) is 11.3. The van der Waals surface area contributed by atoms with E-state index in [-0.39, 0.29) is 11.8 Å². The number of benzene rings is 2. The van der Waals surface area contributed by atoms with Crippen LogP contribution in [0.4, 0.5) is 11.4 Å². The minimum Gasteiger partial charge on any atom is -0.435 e. The van der Waals surface area contributed by atoms with E-state index in [9.17, 15) is 4.79 Å². The van der Waals surface area contributed by atoms with Gasteiger partial charge in [-0.2, -0.15) is 4.98 Å². The maximum atomic E-state index is 13.2. The van der Waals surface area contributed by atoms with Crippen molar-refractivity contribution in [2.45, 2.75) is 10.9 Å². The Kier molecular flexibility index (Phi) is 4.11. The number of halogens is 2. The summed E-state index contributed by atoms with van der Waals surface area (Å²) < 4.78 is 7.84. The van der Waals surface area contributed by atoms with Crippen LogP contribution >= 0.6 is 43.6 Å². The monoisotopic (exact) mass is 519 g/mol. The van der Waals surface area contributed by atoms with Crippen LogP contribution in [0.3, 0.4) is 0 Å². The highest BCUT2D eigenvalue weighted by molar-refractivity contribution is 9.11. The smallest absolute Gasteiger partial charge is 0.295 e. The Bertz CT molecular complexity index is 1160. The van der Waals surface area contributed by atoms with Crippen molar-refractivity contribution in [1.82, 2.24) is 15.2 Å². The molecule has 0 saturated heterocycles. The summed E-state index contributed by atoms with van der Waals surface area (Å²) in [6.07, 6.45) is 1.86. The van der Waals surface area contributed by atoms with Gasteiger partial charge in [-0.1, -0.05) is 45.9 Å². The number of carbonyl (C=O) groups is 1. The number of nitrogens with one attached hydrogen (secondary N) is 2. The van der Waals surface area contributed by atoms with Gasteiger partial charge in [0.15, 0.2) is 5.69 Å². The number of nitrogens with zero attached hydrogens (tertiary/aromatic N) is 3. The molecule has 10 heteroatoms. The molecule has 7 nitrogen and oxygen atoms in total. The SMILES string of the molecule is CSc1nnc2c(n1)OC1(Nc3ccccc3-2)C(=O)Nc2c(Br)cc(Br)cc21. The van der Waals surface area contributed by atoms with Gasteiger partial charge in [-0.05, 0) is 40.4 Å². The molecule has 2 aliphatic heterocycles. The molecule has 2 aliphatic rings. The number of hydrogen-bond donors (Lipinski definition) is 2. The molecule has 0 radical (unpaired) electrons. The van der Waals surface area contributed by atoms with E-state index >= 15 is 0 Å². The average Bonchev–Trinajstić information content (AvgIpc) is 2.86. The normalized spacial score (nSPS) is 19.0. The number of amides is 1. The number of rotatable bonds is 1. The Balaban J connectivity index is 1.81. The molecule has 0 saturated carbocycles. The van der Waals surface area contributed by atoms with Gasteiger partial charge in [0.05, 0.1) is 11.3 Å². The molecular formula is C18H11Br2N5O2S. The minimum absolute atomic E-state index is 0.246. The molecule has 3 aromatic rings. The van der Waals surface area contributed by atoms with Gasteiger partial charge in [0, 0.05) is 20.2 Å². The lowest BCUT2D eigenvalue weighted by Gasteiger charge is -2.28. The second kappa shape index (κ2) is 6.43. The number of carbonyl (C=O) groups excluding carboxylic acids is 1. The molecule has 5 rings (SSSR count). The van der Waals surface area contributed by atoms with Gasteiger partial charge < -0.3 is 15.4 Å².